The second kappa shape index (κ2) is 15.3. The lowest BCUT2D eigenvalue weighted by Gasteiger charge is -2.34. The number of nitrogen functional groups attached to an aromatic ring is 1. The van der Waals surface area contributed by atoms with E-state index in [1.165, 1.54) is 51.4 Å². The summed E-state index contributed by atoms with van der Waals surface area (Å²) in [5.41, 5.74) is 8.06. The van der Waals surface area contributed by atoms with Gasteiger partial charge < -0.3 is 20.1 Å². The molecule has 0 radical (unpaired) electrons. The van der Waals surface area contributed by atoms with Crippen molar-refractivity contribution < 1.29 is 9.47 Å². The van der Waals surface area contributed by atoms with Crippen molar-refractivity contribution >= 4 is 11.4 Å². The first kappa shape index (κ1) is 26.5. The van der Waals surface area contributed by atoms with E-state index >= 15 is 0 Å². The fourth-order valence-corrected chi connectivity index (χ4v) is 4.09. The number of nitrogens with two attached hydrogens (primary N) is 1. The summed E-state index contributed by atoms with van der Waals surface area (Å²) in [4.78, 5) is 2.57. The van der Waals surface area contributed by atoms with Gasteiger partial charge in [-0.1, -0.05) is 66.2 Å². The van der Waals surface area contributed by atoms with Gasteiger partial charge in [0.15, 0.2) is 0 Å². The summed E-state index contributed by atoms with van der Waals surface area (Å²) in [5, 5.41) is 0. The van der Waals surface area contributed by atoms with Gasteiger partial charge in [-0.15, -0.1) is 0 Å². The topological polar surface area (TPSA) is 47.7 Å². The zero-order valence-electron chi connectivity index (χ0n) is 20.6. The predicted molar refractivity (Wildman–Crippen MR) is 132 cm³/mol. The Labute approximate surface area is 186 Å². The van der Waals surface area contributed by atoms with E-state index in [1.807, 2.05) is 19.9 Å². The van der Waals surface area contributed by atoms with Gasteiger partial charge in [0.2, 0.25) is 0 Å². The number of nitrogens with zero attached hydrogens (tertiary/aromatic N) is 1. The number of ether oxygens (including phenoxy) is 2. The lowest BCUT2D eigenvalue weighted by Crippen LogP contribution is -2.34. The summed E-state index contributed by atoms with van der Waals surface area (Å²) >= 11 is 0. The molecule has 0 amide bonds. The molecule has 30 heavy (non-hydrogen) atoms. The van der Waals surface area contributed by atoms with Crippen LogP contribution in [-0.2, 0) is 0 Å². The maximum atomic E-state index is 6.27. The first-order valence-corrected chi connectivity index (χ1v) is 12.5. The van der Waals surface area contributed by atoms with Gasteiger partial charge in [0.1, 0.15) is 11.5 Å². The number of hydrogen-bond donors (Lipinski definition) is 1. The van der Waals surface area contributed by atoms with Crippen LogP contribution in [0.15, 0.2) is 12.1 Å². The van der Waals surface area contributed by atoms with Crippen LogP contribution < -0.4 is 20.1 Å². The van der Waals surface area contributed by atoms with E-state index in [1.54, 1.807) is 0 Å². The number of unbranched alkanes of at least 4 members (excludes halogenated alkanes) is 2. The number of rotatable bonds is 17. The van der Waals surface area contributed by atoms with Gasteiger partial charge in [0.25, 0.3) is 0 Å². The Morgan fingerprint density at radius 3 is 1.70 bits per heavy atom. The average Bonchev–Trinajstić information content (AvgIpc) is 2.75. The van der Waals surface area contributed by atoms with Crippen molar-refractivity contribution in [2.24, 2.45) is 11.8 Å². The van der Waals surface area contributed by atoms with Crippen molar-refractivity contribution in [3.05, 3.63) is 12.1 Å². The van der Waals surface area contributed by atoms with Gasteiger partial charge in [-0.05, 0) is 38.5 Å². The molecule has 0 spiro atoms. The smallest absolute Gasteiger partial charge is 0.144 e. The normalized spacial score (nSPS) is 13.1. The highest BCUT2D eigenvalue weighted by Crippen LogP contribution is 2.39. The minimum atomic E-state index is 0.611. The Bertz CT molecular complexity index is 558. The second-order valence-electron chi connectivity index (χ2n) is 8.46. The molecule has 2 atom stereocenters. The van der Waals surface area contributed by atoms with Gasteiger partial charge in [0, 0.05) is 25.2 Å². The van der Waals surface area contributed by atoms with Crippen LogP contribution in [0, 0.1) is 11.8 Å². The third kappa shape index (κ3) is 8.65. The van der Waals surface area contributed by atoms with Gasteiger partial charge in [-0.2, -0.15) is 0 Å². The van der Waals surface area contributed by atoms with E-state index in [2.05, 4.69) is 38.7 Å². The molecule has 174 valence electrons. The van der Waals surface area contributed by atoms with Gasteiger partial charge in [0.05, 0.1) is 24.6 Å². The fourth-order valence-electron chi connectivity index (χ4n) is 4.09. The van der Waals surface area contributed by atoms with Crippen LogP contribution in [0.1, 0.15) is 92.9 Å². The molecule has 0 heterocycles. The average molecular weight is 421 g/mol. The molecule has 1 aromatic rings. The molecule has 2 unspecified atom stereocenters. The molecule has 0 fully saturated rings. The number of hydrogen-bond acceptors (Lipinski definition) is 4. The monoisotopic (exact) mass is 420 g/mol. The summed E-state index contributed by atoms with van der Waals surface area (Å²) < 4.78 is 11.9. The van der Waals surface area contributed by atoms with E-state index in [-0.39, 0.29) is 0 Å². The second-order valence-corrected chi connectivity index (χ2v) is 8.46. The van der Waals surface area contributed by atoms with E-state index in [0.717, 1.165) is 30.3 Å². The summed E-state index contributed by atoms with van der Waals surface area (Å²) in [6.45, 7) is 16.6. The highest BCUT2D eigenvalue weighted by atomic mass is 16.5. The first-order valence-electron chi connectivity index (χ1n) is 12.5. The SMILES string of the molecule is CCCCC(CC)CN(CC(CC)CCCC)c1cc(OCC)c(N)cc1OCC. The predicted octanol–water partition coefficient (Wildman–Crippen LogP) is 7.31. The van der Waals surface area contributed by atoms with Crippen molar-refractivity contribution in [3.8, 4) is 11.5 Å². The minimum absolute atomic E-state index is 0.611. The van der Waals surface area contributed by atoms with Crippen LogP contribution in [0.3, 0.4) is 0 Å². The van der Waals surface area contributed by atoms with Crippen LogP contribution >= 0.6 is 0 Å². The molecule has 0 aliphatic heterocycles. The molecule has 4 nitrogen and oxygen atoms in total. The summed E-state index contributed by atoms with van der Waals surface area (Å²) in [5.74, 6) is 3.03. The fraction of sp³-hybridized carbons (Fsp3) is 0.769. The van der Waals surface area contributed by atoms with Gasteiger partial charge >= 0.3 is 0 Å². The van der Waals surface area contributed by atoms with Crippen LogP contribution in [0.25, 0.3) is 0 Å². The molecule has 0 aliphatic carbocycles. The largest absolute Gasteiger partial charge is 0.492 e. The molecule has 0 aliphatic rings. The zero-order valence-corrected chi connectivity index (χ0v) is 20.6. The van der Waals surface area contributed by atoms with Gasteiger partial charge in [-0.25, -0.2) is 0 Å². The van der Waals surface area contributed by atoms with Crippen LogP contribution in [0.5, 0.6) is 11.5 Å². The molecule has 0 bridgehead atoms. The maximum absolute atomic E-state index is 6.27. The van der Waals surface area contributed by atoms with Crippen LogP contribution in [0.4, 0.5) is 11.4 Å². The molecule has 0 saturated heterocycles. The molecule has 2 N–H and O–H groups in total. The van der Waals surface area contributed by atoms with E-state index in [9.17, 15) is 0 Å². The third-order valence-electron chi connectivity index (χ3n) is 6.08. The van der Waals surface area contributed by atoms with Gasteiger partial charge in [-0.3, -0.25) is 0 Å². The van der Waals surface area contributed by atoms with Crippen molar-refractivity contribution in [1.82, 2.24) is 0 Å². The van der Waals surface area contributed by atoms with Crippen molar-refractivity contribution in [1.29, 1.82) is 0 Å². The highest BCUT2D eigenvalue weighted by molar-refractivity contribution is 5.70. The summed E-state index contributed by atoms with van der Waals surface area (Å²) in [7, 11) is 0. The Balaban J connectivity index is 3.29. The maximum Gasteiger partial charge on any atom is 0.144 e. The molecular weight excluding hydrogens is 372 g/mol. The minimum Gasteiger partial charge on any atom is -0.492 e. The molecule has 4 heteroatoms. The molecule has 0 saturated carbocycles. The van der Waals surface area contributed by atoms with E-state index in [4.69, 9.17) is 15.2 Å². The first-order chi connectivity index (χ1) is 14.5. The number of anilines is 2. The lowest BCUT2D eigenvalue weighted by atomic mass is 9.95. The molecular formula is C26H48N2O2. The summed E-state index contributed by atoms with van der Waals surface area (Å²) in [6.07, 6.45) is 10.1. The quantitative estimate of drug-likeness (QED) is 0.268. The Hall–Kier alpha value is -1.58. The van der Waals surface area contributed by atoms with Crippen molar-refractivity contribution in [2.75, 3.05) is 36.9 Å². The molecule has 1 rings (SSSR count). The Kier molecular flexibility index (Phi) is 13.5. The van der Waals surface area contributed by atoms with E-state index in [0.29, 0.717) is 30.7 Å². The molecule has 0 aromatic heterocycles. The summed E-state index contributed by atoms with van der Waals surface area (Å²) in [6, 6.07) is 4.07. The van der Waals surface area contributed by atoms with Crippen LogP contribution in [0.2, 0.25) is 0 Å². The standard InChI is InChI=1S/C26H48N2O2/c1-7-13-15-21(9-3)19-28(20-22(10-4)16-14-8-2)24-18-25(29-11-5)23(27)17-26(24)30-12-6/h17-18,21-22H,7-16,19-20,27H2,1-6H3. The Morgan fingerprint density at radius 1 is 0.767 bits per heavy atom. The van der Waals surface area contributed by atoms with E-state index < -0.39 is 0 Å². The third-order valence-corrected chi connectivity index (χ3v) is 6.08. The van der Waals surface area contributed by atoms with Crippen molar-refractivity contribution in [2.45, 2.75) is 92.9 Å². The lowest BCUT2D eigenvalue weighted by molar-refractivity contribution is 0.329. The number of benzene rings is 1. The molecule has 1 aromatic carbocycles. The Morgan fingerprint density at radius 2 is 1.27 bits per heavy atom. The van der Waals surface area contributed by atoms with Crippen LogP contribution in [-0.4, -0.2) is 26.3 Å². The van der Waals surface area contributed by atoms with Crippen molar-refractivity contribution in [3.63, 3.8) is 0 Å². The zero-order chi connectivity index (χ0) is 22.4. The highest BCUT2D eigenvalue weighted by Gasteiger charge is 2.22.